The van der Waals surface area contributed by atoms with Crippen LogP contribution in [-0.4, -0.2) is 63.0 Å². The maximum absolute atomic E-state index is 13.4. The maximum Gasteiger partial charge on any atom is 0.272 e. The molecular formula is C29H42N6O. The van der Waals surface area contributed by atoms with E-state index in [1.807, 2.05) is 47.4 Å². The Labute approximate surface area is 215 Å². The fraction of sp³-hybridized carbons (Fsp3) is 0.552. The van der Waals surface area contributed by atoms with Gasteiger partial charge in [-0.05, 0) is 76.0 Å². The molecule has 1 aromatic carbocycles. The van der Waals surface area contributed by atoms with Crippen LogP contribution < -0.4 is 5.32 Å². The molecule has 1 aliphatic rings. The first-order valence-corrected chi connectivity index (χ1v) is 13.9. The Morgan fingerprint density at radius 3 is 2.31 bits per heavy atom. The number of unbranched alkanes of at least 4 members (excludes halogenated alkanes) is 2. The second-order valence-electron chi connectivity index (χ2n) is 9.87. The zero-order chi connectivity index (χ0) is 25.2. The van der Waals surface area contributed by atoms with Crippen LogP contribution in [0.3, 0.4) is 0 Å². The first kappa shape index (κ1) is 26.1. The molecule has 4 rings (SSSR count). The lowest BCUT2D eigenvalue weighted by Crippen LogP contribution is -2.33. The largest absolute Gasteiger partial charge is 0.337 e. The molecule has 0 saturated carbocycles. The third-order valence-corrected chi connectivity index (χ3v) is 7.00. The lowest BCUT2D eigenvalue weighted by molar-refractivity contribution is 0.0745. The van der Waals surface area contributed by atoms with Gasteiger partial charge >= 0.3 is 0 Å². The fourth-order valence-corrected chi connectivity index (χ4v) is 4.89. The molecule has 3 heterocycles. The molecule has 0 bridgehead atoms. The van der Waals surface area contributed by atoms with Crippen molar-refractivity contribution in [2.24, 2.45) is 0 Å². The Balaban J connectivity index is 1.60. The van der Waals surface area contributed by atoms with Crippen molar-refractivity contribution in [2.75, 3.05) is 38.0 Å². The molecule has 0 radical (unpaired) electrons. The van der Waals surface area contributed by atoms with E-state index in [0.29, 0.717) is 5.69 Å². The van der Waals surface area contributed by atoms with Crippen LogP contribution in [-0.2, 0) is 6.54 Å². The number of fused-ring (bicyclic) bond motifs is 1. The number of benzene rings is 1. The van der Waals surface area contributed by atoms with E-state index >= 15 is 0 Å². The Kier molecular flexibility index (Phi) is 9.73. The molecule has 0 atom stereocenters. The predicted octanol–water partition coefficient (Wildman–Crippen LogP) is 6.09. The summed E-state index contributed by atoms with van der Waals surface area (Å²) in [4.78, 5) is 27.7. The van der Waals surface area contributed by atoms with E-state index in [4.69, 9.17) is 9.97 Å². The van der Waals surface area contributed by atoms with E-state index in [1.165, 1.54) is 32.4 Å². The fourth-order valence-electron chi connectivity index (χ4n) is 4.89. The SMILES string of the molecule is CCCCN(CCCC)C(=O)c1ccc2nc(Nc3ccccc3)n(CCCN3CCCCC3)c2n1. The number of carbonyl (C=O) groups is 1. The summed E-state index contributed by atoms with van der Waals surface area (Å²) in [6, 6.07) is 13.9. The average Bonchev–Trinajstić information content (AvgIpc) is 3.25. The van der Waals surface area contributed by atoms with E-state index < -0.39 is 0 Å². The highest BCUT2D eigenvalue weighted by Gasteiger charge is 2.20. The minimum Gasteiger partial charge on any atom is -0.337 e. The predicted molar refractivity (Wildman–Crippen MR) is 148 cm³/mol. The molecule has 0 spiro atoms. The maximum atomic E-state index is 13.4. The molecule has 1 saturated heterocycles. The summed E-state index contributed by atoms with van der Waals surface area (Å²) in [6.07, 6.45) is 9.13. The number of nitrogens with zero attached hydrogens (tertiary/aromatic N) is 5. The van der Waals surface area contributed by atoms with E-state index in [1.54, 1.807) is 0 Å². The van der Waals surface area contributed by atoms with Crippen molar-refractivity contribution in [3.05, 3.63) is 48.2 Å². The number of likely N-dealkylation sites (tertiary alicyclic amines) is 1. The molecule has 1 N–H and O–H groups in total. The van der Waals surface area contributed by atoms with Gasteiger partial charge in [-0.15, -0.1) is 0 Å². The lowest BCUT2D eigenvalue weighted by atomic mass is 10.1. The van der Waals surface area contributed by atoms with Gasteiger partial charge < -0.3 is 15.1 Å². The summed E-state index contributed by atoms with van der Waals surface area (Å²) in [5, 5.41) is 3.48. The Bertz CT molecular complexity index is 1080. The number of rotatable bonds is 13. The van der Waals surface area contributed by atoms with Gasteiger partial charge in [-0.2, -0.15) is 0 Å². The molecule has 194 valence electrons. The highest BCUT2D eigenvalue weighted by Crippen LogP contribution is 2.23. The summed E-state index contributed by atoms with van der Waals surface area (Å²) in [7, 11) is 0. The van der Waals surface area contributed by atoms with Crippen molar-refractivity contribution in [2.45, 2.75) is 71.8 Å². The number of pyridine rings is 1. The molecule has 1 amide bonds. The summed E-state index contributed by atoms with van der Waals surface area (Å²) < 4.78 is 2.16. The zero-order valence-electron chi connectivity index (χ0n) is 22.1. The standard InChI is InChI=1S/C29H42N6O/c1-3-5-21-34(22-6-4-2)28(36)26-17-16-25-27(31-26)35(23-13-20-33-18-11-8-12-19-33)29(32-25)30-24-14-9-7-10-15-24/h7,9-10,14-17H,3-6,8,11-13,18-23H2,1-2H3,(H,30,32). The molecule has 1 aliphatic heterocycles. The zero-order valence-corrected chi connectivity index (χ0v) is 22.1. The molecule has 36 heavy (non-hydrogen) atoms. The summed E-state index contributed by atoms with van der Waals surface area (Å²) in [6.45, 7) is 10.2. The van der Waals surface area contributed by atoms with Gasteiger partial charge in [-0.25, -0.2) is 9.97 Å². The summed E-state index contributed by atoms with van der Waals surface area (Å²) in [5.41, 5.74) is 3.10. The Morgan fingerprint density at radius 2 is 1.61 bits per heavy atom. The number of para-hydroxylation sites is 1. The number of hydrogen-bond donors (Lipinski definition) is 1. The van der Waals surface area contributed by atoms with Crippen LogP contribution in [0.15, 0.2) is 42.5 Å². The van der Waals surface area contributed by atoms with Gasteiger partial charge in [0.05, 0.1) is 0 Å². The van der Waals surface area contributed by atoms with Crippen LogP contribution in [0.25, 0.3) is 11.2 Å². The highest BCUT2D eigenvalue weighted by molar-refractivity contribution is 5.94. The minimum atomic E-state index is 0.0254. The third kappa shape index (κ3) is 6.84. The van der Waals surface area contributed by atoms with Crippen molar-refractivity contribution < 1.29 is 4.79 Å². The van der Waals surface area contributed by atoms with Crippen molar-refractivity contribution in [3.8, 4) is 0 Å². The molecule has 3 aromatic rings. The number of aromatic nitrogens is 3. The van der Waals surface area contributed by atoms with Gasteiger partial charge in [-0.1, -0.05) is 51.3 Å². The van der Waals surface area contributed by atoms with Gasteiger partial charge in [0, 0.05) is 25.3 Å². The second kappa shape index (κ2) is 13.4. The quantitative estimate of drug-likeness (QED) is 0.314. The average molecular weight is 491 g/mol. The van der Waals surface area contributed by atoms with Crippen molar-refractivity contribution in [1.29, 1.82) is 0 Å². The van der Waals surface area contributed by atoms with Crippen molar-refractivity contribution >= 4 is 28.7 Å². The summed E-state index contributed by atoms with van der Waals surface area (Å²) >= 11 is 0. The monoisotopic (exact) mass is 490 g/mol. The molecule has 2 aromatic heterocycles. The number of piperidine rings is 1. The first-order valence-electron chi connectivity index (χ1n) is 13.9. The van der Waals surface area contributed by atoms with Crippen LogP contribution in [0.1, 0.15) is 75.7 Å². The van der Waals surface area contributed by atoms with E-state index in [0.717, 1.165) is 81.1 Å². The van der Waals surface area contributed by atoms with Gasteiger partial charge in [0.15, 0.2) is 5.65 Å². The number of aryl methyl sites for hydroxylation is 1. The molecule has 0 aliphatic carbocycles. The topological polar surface area (TPSA) is 66.3 Å². The number of anilines is 2. The molecule has 0 unspecified atom stereocenters. The van der Waals surface area contributed by atoms with Gasteiger partial charge in [0.25, 0.3) is 5.91 Å². The minimum absolute atomic E-state index is 0.0254. The Morgan fingerprint density at radius 1 is 0.889 bits per heavy atom. The van der Waals surface area contributed by atoms with E-state index in [2.05, 4.69) is 28.6 Å². The van der Waals surface area contributed by atoms with Crippen molar-refractivity contribution in [3.63, 3.8) is 0 Å². The molecule has 7 heteroatoms. The van der Waals surface area contributed by atoms with Crippen LogP contribution in [0.4, 0.5) is 11.6 Å². The molecular weight excluding hydrogens is 448 g/mol. The van der Waals surface area contributed by atoms with Crippen LogP contribution in [0.5, 0.6) is 0 Å². The first-order chi connectivity index (χ1) is 17.7. The number of hydrogen-bond acceptors (Lipinski definition) is 5. The van der Waals surface area contributed by atoms with Crippen LogP contribution >= 0.6 is 0 Å². The van der Waals surface area contributed by atoms with Gasteiger partial charge in [0.2, 0.25) is 5.95 Å². The highest BCUT2D eigenvalue weighted by atomic mass is 16.2. The lowest BCUT2D eigenvalue weighted by Gasteiger charge is -2.26. The van der Waals surface area contributed by atoms with E-state index in [-0.39, 0.29) is 5.91 Å². The van der Waals surface area contributed by atoms with Crippen LogP contribution in [0, 0.1) is 0 Å². The molecule has 7 nitrogen and oxygen atoms in total. The Hall–Kier alpha value is -2.93. The number of imidazole rings is 1. The third-order valence-electron chi connectivity index (χ3n) is 7.00. The van der Waals surface area contributed by atoms with E-state index in [9.17, 15) is 4.79 Å². The van der Waals surface area contributed by atoms with Crippen LogP contribution in [0.2, 0.25) is 0 Å². The summed E-state index contributed by atoms with van der Waals surface area (Å²) in [5.74, 6) is 0.804. The smallest absolute Gasteiger partial charge is 0.272 e. The number of nitrogens with one attached hydrogen (secondary N) is 1. The number of amides is 1. The second-order valence-corrected chi connectivity index (χ2v) is 9.87. The normalized spacial score (nSPS) is 14.3. The van der Waals surface area contributed by atoms with Gasteiger partial charge in [-0.3, -0.25) is 9.36 Å². The number of carbonyl (C=O) groups excluding carboxylic acids is 1. The molecule has 1 fully saturated rings. The van der Waals surface area contributed by atoms with Crippen molar-refractivity contribution in [1.82, 2.24) is 24.3 Å². The van der Waals surface area contributed by atoms with Gasteiger partial charge in [0.1, 0.15) is 11.2 Å².